The summed E-state index contributed by atoms with van der Waals surface area (Å²) < 4.78 is 10.1. The molecule has 7 heteroatoms. The average molecular weight is 353 g/mol. The summed E-state index contributed by atoms with van der Waals surface area (Å²) in [4.78, 5) is 26.0. The van der Waals surface area contributed by atoms with Crippen molar-refractivity contribution in [2.45, 2.75) is 33.5 Å². The second-order valence-electron chi connectivity index (χ2n) is 5.69. The van der Waals surface area contributed by atoms with Crippen LogP contribution in [0.2, 0.25) is 5.02 Å². The summed E-state index contributed by atoms with van der Waals surface area (Å²) in [5.74, 6) is -2.71. The molecule has 0 aromatic heterocycles. The Hall–Kier alpha value is -2.21. The summed E-state index contributed by atoms with van der Waals surface area (Å²) >= 11 is 6.31. The van der Waals surface area contributed by atoms with E-state index in [1.54, 1.807) is 12.1 Å². The highest BCUT2D eigenvalue weighted by Crippen LogP contribution is 2.34. The number of halogens is 1. The minimum atomic E-state index is -1.26. The molecule has 6 nitrogen and oxygen atoms in total. The number of esters is 2. The van der Waals surface area contributed by atoms with Gasteiger partial charge in [0.05, 0.1) is 16.4 Å². The Bertz CT molecular complexity index is 659. The number of cyclic esters (lactones) is 2. The van der Waals surface area contributed by atoms with E-state index in [1.807, 2.05) is 19.9 Å². The molecule has 1 saturated heterocycles. The largest absolute Gasteiger partial charge is 0.419 e. The van der Waals surface area contributed by atoms with Crippen LogP contribution in [0, 0.1) is 0 Å². The van der Waals surface area contributed by atoms with Gasteiger partial charge in [0.25, 0.3) is 5.79 Å². The van der Waals surface area contributed by atoms with E-state index < -0.39 is 17.7 Å². The van der Waals surface area contributed by atoms with E-state index in [-0.39, 0.29) is 5.57 Å². The van der Waals surface area contributed by atoms with Crippen LogP contribution in [0.25, 0.3) is 0 Å². The van der Waals surface area contributed by atoms with E-state index in [2.05, 4.69) is 10.2 Å². The van der Waals surface area contributed by atoms with Gasteiger partial charge in [-0.25, -0.2) is 9.59 Å². The topological polar surface area (TPSA) is 67.9 Å². The first-order valence-corrected chi connectivity index (χ1v) is 8.13. The second-order valence-corrected chi connectivity index (χ2v) is 6.10. The molecule has 1 heterocycles. The van der Waals surface area contributed by atoms with E-state index in [4.69, 9.17) is 21.1 Å². The molecule has 0 aliphatic carbocycles. The van der Waals surface area contributed by atoms with Crippen molar-refractivity contribution in [3.8, 4) is 0 Å². The summed E-state index contributed by atoms with van der Waals surface area (Å²) in [6, 6.07) is 5.40. The van der Waals surface area contributed by atoms with Crippen LogP contribution in [0.4, 0.5) is 11.4 Å². The highest BCUT2D eigenvalue weighted by Gasteiger charge is 2.39. The van der Waals surface area contributed by atoms with Crippen molar-refractivity contribution in [1.29, 1.82) is 0 Å². The molecule has 0 radical (unpaired) electrons. The summed E-state index contributed by atoms with van der Waals surface area (Å²) in [5, 5.41) is 3.55. The zero-order chi connectivity index (χ0) is 17.9. The molecule has 24 heavy (non-hydrogen) atoms. The third kappa shape index (κ3) is 3.82. The van der Waals surface area contributed by atoms with E-state index in [0.717, 1.165) is 18.8 Å². The fourth-order valence-corrected chi connectivity index (χ4v) is 2.72. The number of nitrogens with one attached hydrogen (secondary N) is 1. The lowest BCUT2D eigenvalue weighted by Gasteiger charge is -2.30. The maximum absolute atomic E-state index is 12.0. The lowest BCUT2D eigenvalue weighted by molar-refractivity contribution is -0.222. The van der Waals surface area contributed by atoms with Crippen LogP contribution in [-0.2, 0) is 19.1 Å². The number of carbonyl (C=O) groups is 2. The molecule has 0 amide bonds. The molecule has 0 spiro atoms. The fourth-order valence-electron chi connectivity index (χ4n) is 2.42. The van der Waals surface area contributed by atoms with Gasteiger partial charge in [0.15, 0.2) is 5.57 Å². The molecular weight excluding hydrogens is 332 g/mol. The predicted molar refractivity (Wildman–Crippen MR) is 93.0 cm³/mol. The SMILES string of the molecule is CCN(CC)c1c(Cl)cccc1NC=C1C(=O)OC(C)(C)OC1=O. The van der Waals surface area contributed by atoms with E-state index in [0.29, 0.717) is 10.7 Å². The Balaban J connectivity index is 2.31. The van der Waals surface area contributed by atoms with Gasteiger partial charge < -0.3 is 19.7 Å². The van der Waals surface area contributed by atoms with Gasteiger partial charge in [-0.2, -0.15) is 0 Å². The number of ether oxygens (including phenoxy) is 2. The van der Waals surface area contributed by atoms with Gasteiger partial charge in [-0.15, -0.1) is 0 Å². The van der Waals surface area contributed by atoms with E-state index >= 15 is 0 Å². The number of hydrogen-bond donors (Lipinski definition) is 1. The Morgan fingerprint density at radius 2 is 1.75 bits per heavy atom. The molecule has 1 aromatic carbocycles. The molecule has 0 unspecified atom stereocenters. The van der Waals surface area contributed by atoms with E-state index in [1.165, 1.54) is 20.0 Å². The summed E-state index contributed by atoms with van der Waals surface area (Å²) in [5.41, 5.74) is 1.29. The molecule has 1 N–H and O–H groups in total. The molecule has 1 aromatic rings. The quantitative estimate of drug-likeness (QED) is 0.498. The van der Waals surface area contributed by atoms with Gasteiger partial charge in [-0.3, -0.25) is 0 Å². The molecule has 2 rings (SSSR count). The first-order chi connectivity index (χ1) is 11.3. The number of carbonyl (C=O) groups excluding carboxylic acids is 2. The third-order valence-corrected chi connectivity index (χ3v) is 3.86. The Labute approximate surface area is 146 Å². The van der Waals surface area contributed by atoms with Gasteiger partial charge in [0.1, 0.15) is 0 Å². The molecule has 130 valence electrons. The standard InChI is InChI=1S/C17H21ClN2O4/c1-5-20(6-2)14-12(18)8-7-9-13(14)19-10-11-15(21)23-17(3,4)24-16(11)22/h7-10,19H,5-6H2,1-4H3. The third-order valence-electron chi connectivity index (χ3n) is 3.56. The Morgan fingerprint density at radius 1 is 1.17 bits per heavy atom. The zero-order valence-electron chi connectivity index (χ0n) is 14.2. The van der Waals surface area contributed by atoms with Gasteiger partial charge in [0.2, 0.25) is 0 Å². The van der Waals surface area contributed by atoms with Crippen molar-refractivity contribution < 1.29 is 19.1 Å². The van der Waals surface area contributed by atoms with Crippen LogP contribution in [0.1, 0.15) is 27.7 Å². The number of hydrogen-bond acceptors (Lipinski definition) is 6. The number of anilines is 2. The minimum Gasteiger partial charge on any atom is -0.419 e. The maximum Gasteiger partial charge on any atom is 0.350 e. The Kier molecular flexibility index (Phi) is 5.39. The highest BCUT2D eigenvalue weighted by molar-refractivity contribution is 6.34. The molecular formula is C17H21ClN2O4. The zero-order valence-corrected chi connectivity index (χ0v) is 14.9. The monoisotopic (exact) mass is 352 g/mol. The fraction of sp³-hybridized carbons (Fsp3) is 0.412. The lowest BCUT2D eigenvalue weighted by atomic mass is 10.2. The smallest absolute Gasteiger partial charge is 0.350 e. The minimum absolute atomic E-state index is 0.195. The van der Waals surface area contributed by atoms with Crippen LogP contribution < -0.4 is 10.2 Å². The normalized spacial score (nSPS) is 16.3. The van der Waals surface area contributed by atoms with Crippen molar-refractivity contribution in [1.82, 2.24) is 0 Å². The number of nitrogens with zero attached hydrogens (tertiary/aromatic N) is 1. The molecule has 0 saturated carbocycles. The van der Waals surface area contributed by atoms with Crippen LogP contribution in [0.5, 0.6) is 0 Å². The van der Waals surface area contributed by atoms with Crippen LogP contribution >= 0.6 is 11.6 Å². The number of para-hydroxylation sites is 1. The lowest BCUT2D eigenvalue weighted by Crippen LogP contribution is -2.42. The second kappa shape index (κ2) is 7.13. The van der Waals surface area contributed by atoms with Crippen LogP contribution in [0.15, 0.2) is 30.0 Å². The van der Waals surface area contributed by atoms with Gasteiger partial charge >= 0.3 is 11.9 Å². The van der Waals surface area contributed by atoms with Crippen molar-refractivity contribution >= 4 is 34.9 Å². The van der Waals surface area contributed by atoms with Crippen LogP contribution in [-0.4, -0.2) is 30.8 Å². The van der Waals surface area contributed by atoms with Crippen LogP contribution in [0.3, 0.4) is 0 Å². The molecule has 1 fully saturated rings. The number of benzene rings is 1. The van der Waals surface area contributed by atoms with Gasteiger partial charge in [0, 0.05) is 33.1 Å². The van der Waals surface area contributed by atoms with Crippen molar-refractivity contribution in [2.24, 2.45) is 0 Å². The summed E-state index contributed by atoms with van der Waals surface area (Å²) in [6.07, 6.45) is 1.29. The first kappa shape index (κ1) is 18.1. The van der Waals surface area contributed by atoms with Crippen molar-refractivity contribution in [3.05, 3.63) is 35.0 Å². The summed E-state index contributed by atoms with van der Waals surface area (Å²) in [6.45, 7) is 8.58. The first-order valence-electron chi connectivity index (χ1n) is 7.76. The molecule has 0 bridgehead atoms. The van der Waals surface area contributed by atoms with Gasteiger partial charge in [-0.1, -0.05) is 17.7 Å². The predicted octanol–water partition coefficient (Wildman–Crippen LogP) is 3.32. The van der Waals surface area contributed by atoms with Gasteiger partial charge in [-0.05, 0) is 26.0 Å². The van der Waals surface area contributed by atoms with Crippen molar-refractivity contribution in [3.63, 3.8) is 0 Å². The highest BCUT2D eigenvalue weighted by atomic mass is 35.5. The maximum atomic E-state index is 12.0. The van der Waals surface area contributed by atoms with Crippen molar-refractivity contribution in [2.75, 3.05) is 23.3 Å². The average Bonchev–Trinajstić information content (AvgIpc) is 2.48. The summed E-state index contributed by atoms with van der Waals surface area (Å²) in [7, 11) is 0. The van der Waals surface area contributed by atoms with E-state index in [9.17, 15) is 9.59 Å². The molecule has 1 aliphatic rings. The molecule has 1 aliphatic heterocycles. The number of rotatable bonds is 5. The molecule has 0 atom stereocenters. The Morgan fingerprint density at radius 3 is 2.29 bits per heavy atom.